The average molecular weight is 359 g/mol. The number of carbonyl (C=O) groups is 3. The van der Waals surface area contributed by atoms with E-state index in [1.807, 2.05) is 0 Å². The number of alkyl halides is 2. The molecule has 0 spiro atoms. The van der Waals surface area contributed by atoms with Crippen LogP contribution in [0.1, 0.15) is 18.4 Å². The molecule has 0 bridgehead atoms. The fourth-order valence-electron chi connectivity index (χ4n) is 2.63. The number of anilines is 1. The molecular formula is C13H9BrF2N2O3. The van der Waals surface area contributed by atoms with Crippen LogP contribution in [0.25, 0.3) is 0 Å². The predicted octanol–water partition coefficient (Wildman–Crippen LogP) is 1.69. The van der Waals surface area contributed by atoms with Gasteiger partial charge in [-0.3, -0.25) is 24.6 Å². The van der Waals surface area contributed by atoms with Crippen LogP contribution in [0.2, 0.25) is 0 Å². The topological polar surface area (TPSA) is 66.5 Å². The standard InChI is InChI=1S/C13H9BrF2N2O3/c14-6-2-1-3-7-10(6)13(15,16)12(21)18(7)8-4-5-9(19)17-11(8)20/h1-3,8H,4-5H2,(H,17,19,20). The summed E-state index contributed by atoms with van der Waals surface area (Å²) >= 11 is 3.01. The summed E-state index contributed by atoms with van der Waals surface area (Å²) in [6, 6.07) is 3.18. The first-order valence-electron chi connectivity index (χ1n) is 6.18. The molecule has 2 aliphatic rings. The smallest absolute Gasteiger partial charge is 0.295 e. The van der Waals surface area contributed by atoms with Gasteiger partial charge in [-0.25, -0.2) is 0 Å². The highest BCUT2D eigenvalue weighted by atomic mass is 79.9. The maximum Gasteiger partial charge on any atom is 0.353 e. The van der Waals surface area contributed by atoms with E-state index in [4.69, 9.17) is 0 Å². The summed E-state index contributed by atoms with van der Waals surface area (Å²) in [5.41, 5.74) is -0.450. The van der Waals surface area contributed by atoms with Crippen LogP contribution in [0.15, 0.2) is 22.7 Å². The first-order valence-corrected chi connectivity index (χ1v) is 6.97. The summed E-state index contributed by atoms with van der Waals surface area (Å²) in [6.45, 7) is 0. The summed E-state index contributed by atoms with van der Waals surface area (Å²) in [5, 5.41) is 2.07. The van der Waals surface area contributed by atoms with E-state index in [2.05, 4.69) is 21.2 Å². The van der Waals surface area contributed by atoms with Gasteiger partial charge in [-0.1, -0.05) is 22.0 Å². The maximum atomic E-state index is 14.2. The van der Waals surface area contributed by atoms with Crippen LogP contribution in [0.3, 0.4) is 0 Å². The number of nitrogens with one attached hydrogen (secondary N) is 1. The Hall–Kier alpha value is -1.83. The SMILES string of the molecule is O=C1CCC(N2C(=O)C(F)(F)c3c(Br)cccc32)C(=O)N1. The van der Waals surface area contributed by atoms with Crippen molar-refractivity contribution in [1.29, 1.82) is 0 Å². The zero-order valence-corrected chi connectivity index (χ0v) is 12.1. The maximum absolute atomic E-state index is 14.2. The normalized spacial score (nSPS) is 24.0. The van der Waals surface area contributed by atoms with Crippen LogP contribution in [0, 0.1) is 0 Å². The van der Waals surface area contributed by atoms with Crippen LogP contribution >= 0.6 is 15.9 Å². The van der Waals surface area contributed by atoms with E-state index in [0.717, 1.165) is 4.90 Å². The van der Waals surface area contributed by atoms with E-state index >= 15 is 0 Å². The number of hydrogen-bond donors (Lipinski definition) is 1. The van der Waals surface area contributed by atoms with Crippen LogP contribution in [-0.2, 0) is 20.3 Å². The zero-order valence-electron chi connectivity index (χ0n) is 10.5. The molecule has 1 fully saturated rings. The number of benzene rings is 1. The van der Waals surface area contributed by atoms with E-state index in [-0.39, 0.29) is 23.0 Å². The second-order valence-corrected chi connectivity index (χ2v) is 5.70. The van der Waals surface area contributed by atoms with E-state index in [9.17, 15) is 23.2 Å². The third-order valence-corrected chi connectivity index (χ3v) is 4.24. The van der Waals surface area contributed by atoms with Crippen molar-refractivity contribution < 1.29 is 23.2 Å². The molecule has 2 heterocycles. The Balaban J connectivity index is 2.09. The number of halogens is 3. The molecule has 0 saturated carbocycles. The molecule has 110 valence electrons. The van der Waals surface area contributed by atoms with Crippen LogP contribution < -0.4 is 10.2 Å². The Morgan fingerprint density at radius 1 is 1.29 bits per heavy atom. The summed E-state index contributed by atoms with van der Waals surface area (Å²) < 4.78 is 28.5. The molecule has 1 unspecified atom stereocenters. The Morgan fingerprint density at radius 3 is 2.67 bits per heavy atom. The van der Waals surface area contributed by atoms with Gasteiger partial charge in [0.2, 0.25) is 11.8 Å². The van der Waals surface area contributed by atoms with E-state index in [1.54, 1.807) is 0 Å². The molecule has 1 aromatic rings. The summed E-state index contributed by atoms with van der Waals surface area (Å²) in [4.78, 5) is 35.9. The van der Waals surface area contributed by atoms with Crippen molar-refractivity contribution in [2.45, 2.75) is 24.8 Å². The fourth-order valence-corrected chi connectivity index (χ4v) is 3.23. The minimum absolute atomic E-state index is 0.00567. The second kappa shape index (κ2) is 4.59. The van der Waals surface area contributed by atoms with Crippen molar-refractivity contribution in [3.63, 3.8) is 0 Å². The predicted molar refractivity (Wildman–Crippen MR) is 71.7 cm³/mol. The molecule has 0 radical (unpaired) electrons. The molecule has 0 aliphatic carbocycles. The second-order valence-electron chi connectivity index (χ2n) is 4.85. The Labute approximate surface area is 126 Å². The summed E-state index contributed by atoms with van der Waals surface area (Å²) in [7, 11) is 0. The number of carbonyl (C=O) groups excluding carboxylic acids is 3. The van der Waals surface area contributed by atoms with Gasteiger partial charge in [0, 0.05) is 10.9 Å². The van der Waals surface area contributed by atoms with Gasteiger partial charge < -0.3 is 0 Å². The molecule has 1 saturated heterocycles. The van der Waals surface area contributed by atoms with Crippen LogP contribution in [0.5, 0.6) is 0 Å². The molecule has 0 aromatic heterocycles. The number of imide groups is 1. The number of amides is 3. The highest BCUT2D eigenvalue weighted by Crippen LogP contribution is 2.48. The van der Waals surface area contributed by atoms with Gasteiger partial charge in [0.15, 0.2) is 0 Å². The molecule has 21 heavy (non-hydrogen) atoms. The van der Waals surface area contributed by atoms with Gasteiger partial charge in [0.1, 0.15) is 6.04 Å². The fraction of sp³-hybridized carbons (Fsp3) is 0.308. The molecule has 8 heteroatoms. The van der Waals surface area contributed by atoms with Crippen molar-refractivity contribution in [2.24, 2.45) is 0 Å². The first kappa shape index (κ1) is 14.1. The summed E-state index contributed by atoms with van der Waals surface area (Å²) in [5.74, 6) is -6.34. The number of piperidine rings is 1. The highest BCUT2D eigenvalue weighted by Gasteiger charge is 2.57. The number of fused-ring (bicyclic) bond motifs is 1. The Kier molecular flexibility index (Phi) is 3.09. The number of rotatable bonds is 1. The van der Waals surface area contributed by atoms with Gasteiger partial charge in [-0.2, -0.15) is 8.78 Å². The van der Waals surface area contributed by atoms with E-state index < -0.39 is 35.2 Å². The molecule has 1 aromatic carbocycles. The van der Waals surface area contributed by atoms with E-state index in [1.165, 1.54) is 18.2 Å². The lowest BCUT2D eigenvalue weighted by atomic mass is 10.0. The number of hydrogen-bond acceptors (Lipinski definition) is 3. The molecule has 3 rings (SSSR count). The summed E-state index contributed by atoms with van der Waals surface area (Å²) in [6.07, 6.45) is 0.0353. The minimum Gasteiger partial charge on any atom is -0.295 e. The van der Waals surface area contributed by atoms with Crippen molar-refractivity contribution in [1.82, 2.24) is 5.32 Å². The van der Waals surface area contributed by atoms with Gasteiger partial charge in [-0.05, 0) is 18.6 Å². The largest absolute Gasteiger partial charge is 0.353 e. The van der Waals surface area contributed by atoms with Gasteiger partial charge >= 0.3 is 11.8 Å². The first-order chi connectivity index (χ1) is 9.84. The molecule has 1 N–H and O–H groups in total. The lowest BCUT2D eigenvalue weighted by Gasteiger charge is -2.29. The van der Waals surface area contributed by atoms with Gasteiger partial charge in [-0.15, -0.1) is 0 Å². The van der Waals surface area contributed by atoms with Crippen molar-refractivity contribution in [2.75, 3.05) is 4.90 Å². The van der Waals surface area contributed by atoms with Crippen LogP contribution in [-0.4, -0.2) is 23.8 Å². The third-order valence-electron chi connectivity index (χ3n) is 3.57. The van der Waals surface area contributed by atoms with Crippen molar-refractivity contribution in [3.05, 3.63) is 28.2 Å². The third kappa shape index (κ3) is 1.97. The van der Waals surface area contributed by atoms with Gasteiger partial charge in [0.25, 0.3) is 0 Å². The Bertz CT molecular complexity index is 677. The molecule has 3 amide bonds. The minimum atomic E-state index is -3.70. The highest BCUT2D eigenvalue weighted by molar-refractivity contribution is 9.10. The lowest BCUT2D eigenvalue weighted by molar-refractivity contribution is -0.144. The van der Waals surface area contributed by atoms with Crippen molar-refractivity contribution >= 4 is 39.3 Å². The van der Waals surface area contributed by atoms with Gasteiger partial charge in [0.05, 0.1) is 11.3 Å². The quantitative estimate of drug-likeness (QED) is 0.777. The number of nitrogens with zero attached hydrogens (tertiary/aromatic N) is 1. The lowest BCUT2D eigenvalue weighted by Crippen LogP contribution is -2.54. The molecule has 1 atom stereocenters. The van der Waals surface area contributed by atoms with Crippen molar-refractivity contribution in [3.8, 4) is 0 Å². The molecule has 2 aliphatic heterocycles. The Morgan fingerprint density at radius 2 is 2.00 bits per heavy atom. The molecule has 5 nitrogen and oxygen atoms in total. The molecular weight excluding hydrogens is 350 g/mol. The zero-order chi connectivity index (χ0) is 15.4. The van der Waals surface area contributed by atoms with Crippen LogP contribution in [0.4, 0.5) is 14.5 Å². The van der Waals surface area contributed by atoms with E-state index in [0.29, 0.717) is 0 Å². The average Bonchev–Trinajstić information content (AvgIpc) is 2.60. The monoisotopic (exact) mass is 358 g/mol.